The summed E-state index contributed by atoms with van der Waals surface area (Å²) in [5, 5.41) is 17.3. The van der Waals surface area contributed by atoms with Gasteiger partial charge in [-0.05, 0) is 51.3 Å². The molecule has 6 nitrogen and oxygen atoms in total. The Bertz CT molecular complexity index is 803. The van der Waals surface area contributed by atoms with Crippen molar-refractivity contribution in [1.29, 1.82) is 0 Å². The van der Waals surface area contributed by atoms with E-state index in [1.165, 1.54) is 5.56 Å². The average molecular weight is 523 g/mol. The Morgan fingerprint density at radius 2 is 1.87 bits per heavy atom. The molecule has 2 aromatic rings. The first kappa shape index (κ1) is 24.4. The predicted molar refractivity (Wildman–Crippen MR) is 135 cm³/mol. The molecule has 0 saturated carbocycles. The summed E-state index contributed by atoms with van der Waals surface area (Å²) in [6.45, 7) is 9.20. The topological polar surface area (TPSA) is 72.8 Å². The molecular formula is C23H34IN5O. The number of hydrogen-bond acceptors (Lipinski definition) is 4. The second kappa shape index (κ2) is 12.1. The third-order valence-corrected chi connectivity index (χ3v) is 5.26. The van der Waals surface area contributed by atoms with Crippen LogP contribution in [0.4, 0.5) is 5.82 Å². The highest BCUT2D eigenvalue weighted by Gasteiger charge is 2.21. The van der Waals surface area contributed by atoms with Crippen molar-refractivity contribution in [2.45, 2.75) is 45.8 Å². The molecule has 164 valence electrons. The van der Waals surface area contributed by atoms with Gasteiger partial charge < -0.3 is 20.6 Å². The number of pyridine rings is 1. The Kier molecular flexibility index (Phi) is 9.84. The molecule has 30 heavy (non-hydrogen) atoms. The van der Waals surface area contributed by atoms with Gasteiger partial charge in [-0.15, -0.1) is 24.0 Å². The Labute approximate surface area is 197 Å². The van der Waals surface area contributed by atoms with Gasteiger partial charge in [0.25, 0.3) is 0 Å². The van der Waals surface area contributed by atoms with Crippen LogP contribution in [0.1, 0.15) is 42.7 Å². The number of guanidine groups is 1. The van der Waals surface area contributed by atoms with Crippen LogP contribution in [0.5, 0.6) is 0 Å². The Morgan fingerprint density at radius 3 is 2.50 bits per heavy atom. The minimum atomic E-state index is -0.597. The maximum atomic E-state index is 10.4. The normalized spacial score (nSPS) is 16.0. The van der Waals surface area contributed by atoms with Crippen molar-refractivity contribution >= 4 is 35.8 Å². The van der Waals surface area contributed by atoms with Gasteiger partial charge in [0.05, 0.1) is 12.6 Å². The van der Waals surface area contributed by atoms with Crippen LogP contribution >= 0.6 is 24.0 Å². The van der Waals surface area contributed by atoms with Gasteiger partial charge in [-0.3, -0.25) is 4.99 Å². The number of nitrogens with zero attached hydrogens (tertiary/aromatic N) is 3. The largest absolute Gasteiger partial charge is 0.386 e. The van der Waals surface area contributed by atoms with Crippen LogP contribution in [0.3, 0.4) is 0 Å². The number of hydrogen-bond donors (Lipinski definition) is 3. The van der Waals surface area contributed by atoms with Crippen LogP contribution in [-0.2, 0) is 0 Å². The molecule has 1 saturated heterocycles. The van der Waals surface area contributed by atoms with Crippen molar-refractivity contribution in [3.05, 3.63) is 59.3 Å². The van der Waals surface area contributed by atoms with Crippen molar-refractivity contribution in [3.8, 4) is 0 Å². The van der Waals surface area contributed by atoms with Gasteiger partial charge in [0.2, 0.25) is 0 Å². The van der Waals surface area contributed by atoms with Gasteiger partial charge in [-0.25, -0.2) is 4.98 Å². The number of halogens is 1. The number of aromatic nitrogens is 1. The summed E-state index contributed by atoms with van der Waals surface area (Å²) in [7, 11) is 0. The Hall–Kier alpha value is -1.87. The molecule has 0 aliphatic carbocycles. The fraction of sp³-hybridized carbons (Fsp3) is 0.478. The summed E-state index contributed by atoms with van der Waals surface area (Å²) < 4.78 is 0. The van der Waals surface area contributed by atoms with Gasteiger partial charge in [0, 0.05) is 31.4 Å². The van der Waals surface area contributed by atoms with Crippen LogP contribution in [0.2, 0.25) is 0 Å². The van der Waals surface area contributed by atoms with E-state index in [0.29, 0.717) is 12.6 Å². The zero-order valence-electron chi connectivity index (χ0n) is 18.1. The number of nitrogens with one attached hydrogen (secondary N) is 2. The van der Waals surface area contributed by atoms with E-state index in [1.54, 1.807) is 0 Å². The molecule has 3 N–H and O–H groups in total. The minimum absolute atomic E-state index is 0. The number of anilines is 1. The monoisotopic (exact) mass is 523 g/mol. The van der Waals surface area contributed by atoms with Crippen molar-refractivity contribution < 1.29 is 5.11 Å². The van der Waals surface area contributed by atoms with Crippen molar-refractivity contribution in [1.82, 2.24) is 15.6 Å². The maximum Gasteiger partial charge on any atom is 0.191 e. The van der Waals surface area contributed by atoms with E-state index in [1.807, 2.05) is 44.2 Å². The van der Waals surface area contributed by atoms with Gasteiger partial charge >= 0.3 is 0 Å². The second-order valence-electron chi connectivity index (χ2n) is 7.69. The molecule has 1 aromatic heterocycles. The first-order valence-corrected chi connectivity index (χ1v) is 10.5. The van der Waals surface area contributed by atoms with E-state index in [9.17, 15) is 5.11 Å². The SMILES string of the molecule is CCNC(=NCC(O)c1ccc(C)cc1)NC1CCN(c2cccc(C)n2)CC1.I. The van der Waals surface area contributed by atoms with Crippen molar-refractivity contribution in [2.24, 2.45) is 4.99 Å². The lowest BCUT2D eigenvalue weighted by molar-refractivity contribution is 0.187. The zero-order chi connectivity index (χ0) is 20.6. The van der Waals surface area contributed by atoms with Crippen LogP contribution in [0.25, 0.3) is 0 Å². The van der Waals surface area contributed by atoms with Gasteiger partial charge in [-0.2, -0.15) is 0 Å². The molecule has 0 spiro atoms. The minimum Gasteiger partial charge on any atom is -0.386 e. The molecule has 7 heteroatoms. The molecule has 2 heterocycles. The summed E-state index contributed by atoms with van der Waals surface area (Å²) >= 11 is 0. The first-order chi connectivity index (χ1) is 14.0. The number of aliphatic hydroxyl groups excluding tert-OH is 1. The third-order valence-electron chi connectivity index (χ3n) is 5.26. The van der Waals surface area contributed by atoms with Crippen molar-refractivity contribution in [2.75, 3.05) is 31.1 Å². The highest BCUT2D eigenvalue weighted by Crippen LogP contribution is 2.18. The number of benzene rings is 1. The molecule has 3 rings (SSSR count). The summed E-state index contributed by atoms with van der Waals surface area (Å²) in [6.07, 6.45) is 1.46. The smallest absolute Gasteiger partial charge is 0.191 e. The molecule has 1 fully saturated rings. The maximum absolute atomic E-state index is 10.4. The molecule has 1 atom stereocenters. The summed E-state index contributed by atoms with van der Waals surface area (Å²) in [5.74, 6) is 1.83. The second-order valence-corrected chi connectivity index (χ2v) is 7.69. The molecule has 0 radical (unpaired) electrons. The molecule has 0 amide bonds. The quantitative estimate of drug-likeness (QED) is 0.307. The van der Waals surface area contributed by atoms with Crippen LogP contribution in [0.15, 0.2) is 47.5 Å². The lowest BCUT2D eigenvalue weighted by Gasteiger charge is -2.34. The van der Waals surface area contributed by atoms with Gasteiger partial charge in [0.15, 0.2) is 5.96 Å². The van der Waals surface area contributed by atoms with E-state index in [4.69, 9.17) is 0 Å². The zero-order valence-corrected chi connectivity index (χ0v) is 20.5. The third kappa shape index (κ3) is 7.12. The van der Waals surface area contributed by atoms with Crippen LogP contribution in [-0.4, -0.2) is 48.3 Å². The lowest BCUT2D eigenvalue weighted by Crippen LogP contribution is -2.49. The number of piperidine rings is 1. The molecule has 1 unspecified atom stereocenters. The Balaban J connectivity index is 0.00000320. The summed E-state index contributed by atoms with van der Waals surface area (Å²) in [5.41, 5.74) is 3.14. The average Bonchev–Trinajstić information content (AvgIpc) is 2.73. The van der Waals surface area contributed by atoms with Crippen LogP contribution in [0, 0.1) is 13.8 Å². The van der Waals surface area contributed by atoms with Crippen molar-refractivity contribution in [3.63, 3.8) is 0 Å². The van der Waals surface area contributed by atoms with Gasteiger partial charge in [0.1, 0.15) is 5.82 Å². The molecular weight excluding hydrogens is 489 g/mol. The Morgan fingerprint density at radius 1 is 1.17 bits per heavy atom. The van der Waals surface area contributed by atoms with E-state index < -0.39 is 6.10 Å². The molecule has 1 aromatic carbocycles. The van der Waals surface area contributed by atoms with E-state index in [2.05, 4.69) is 44.6 Å². The van der Waals surface area contributed by atoms with E-state index >= 15 is 0 Å². The molecule has 1 aliphatic heterocycles. The molecule has 0 bridgehead atoms. The fourth-order valence-corrected chi connectivity index (χ4v) is 3.54. The predicted octanol–water partition coefficient (Wildman–Crippen LogP) is 3.57. The molecule has 1 aliphatic rings. The van der Waals surface area contributed by atoms with Gasteiger partial charge in [-0.1, -0.05) is 35.9 Å². The lowest BCUT2D eigenvalue weighted by atomic mass is 10.1. The van der Waals surface area contributed by atoms with E-state index in [0.717, 1.165) is 55.5 Å². The summed E-state index contributed by atoms with van der Waals surface area (Å²) in [4.78, 5) is 11.6. The number of rotatable bonds is 6. The number of aliphatic hydroxyl groups is 1. The summed E-state index contributed by atoms with van der Waals surface area (Å²) in [6, 6.07) is 14.5. The number of aliphatic imine (C=N–C) groups is 1. The van der Waals surface area contributed by atoms with Crippen LogP contribution < -0.4 is 15.5 Å². The highest BCUT2D eigenvalue weighted by atomic mass is 127. The number of aryl methyl sites for hydroxylation is 2. The van der Waals surface area contributed by atoms with E-state index in [-0.39, 0.29) is 24.0 Å². The fourth-order valence-electron chi connectivity index (χ4n) is 3.54. The standard InChI is InChI=1S/C23H33N5O.HI/c1-4-24-23(25-16-21(29)19-10-8-17(2)9-11-19)27-20-12-14-28(15-13-20)22-7-5-6-18(3)26-22;/h5-11,20-21,29H,4,12-16H2,1-3H3,(H2,24,25,27);1H. The first-order valence-electron chi connectivity index (χ1n) is 10.5. The highest BCUT2D eigenvalue weighted by molar-refractivity contribution is 14.0.